The summed E-state index contributed by atoms with van der Waals surface area (Å²) in [4.78, 5) is 3.97. The summed E-state index contributed by atoms with van der Waals surface area (Å²) in [6.07, 6.45) is 0.295. The Kier molecular flexibility index (Phi) is 3.27. The molecule has 0 aliphatic rings. The zero-order chi connectivity index (χ0) is 11.4. The van der Waals surface area contributed by atoms with Gasteiger partial charge in [0, 0.05) is 6.20 Å². The van der Waals surface area contributed by atoms with Crippen LogP contribution in [0.5, 0.6) is 0 Å². The van der Waals surface area contributed by atoms with Crippen LogP contribution < -0.4 is 5.73 Å². The number of aromatic nitrogens is 1. The molecule has 1 aromatic carbocycles. The summed E-state index contributed by atoms with van der Waals surface area (Å²) in [7, 11) is 0. The maximum Gasteiger partial charge on any atom is 0.161 e. The predicted octanol–water partition coefficient (Wildman–Crippen LogP) is 2.79. The van der Waals surface area contributed by atoms with Gasteiger partial charge in [0.05, 0.1) is 11.7 Å². The summed E-state index contributed by atoms with van der Waals surface area (Å²) in [6, 6.07) is 13.7. The Balaban J connectivity index is 2.20. The molecule has 3 heteroatoms. The van der Waals surface area contributed by atoms with E-state index in [2.05, 4.69) is 4.98 Å². The highest BCUT2D eigenvalue weighted by Crippen LogP contribution is 2.28. The summed E-state index contributed by atoms with van der Waals surface area (Å²) >= 11 is 0. The van der Waals surface area contributed by atoms with Crippen LogP contribution in [0.4, 0.5) is 4.39 Å². The Morgan fingerprint density at radius 1 is 1.00 bits per heavy atom. The molecule has 2 nitrogen and oxygen atoms in total. The van der Waals surface area contributed by atoms with Gasteiger partial charge in [-0.1, -0.05) is 36.4 Å². The van der Waals surface area contributed by atoms with E-state index in [0.717, 1.165) is 5.56 Å². The van der Waals surface area contributed by atoms with E-state index >= 15 is 0 Å². The molecule has 0 saturated carbocycles. The van der Waals surface area contributed by atoms with Crippen molar-refractivity contribution in [3.63, 3.8) is 0 Å². The lowest BCUT2D eigenvalue weighted by molar-refractivity contribution is 0.284. The molecule has 1 heterocycles. The first kappa shape index (κ1) is 10.8. The zero-order valence-electron chi connectivity index (χ0n) is 8.75. The Hall–Kier alpha value is -1.74. The van der Waals surface area contributed by atoms with Crippen molar-refractivity contribution < 1.29 is 4.39 Å². The third-order valence-corrected chi connectivity index (χ3v) is 2.47. The number of nitrogens with two attached hydrogens (primary N) is 1. The van der Waals surface area contributed by atoms with Crippen molar-refractivity contribution in [1.82, 2.24) is 4.98 Å². The van der Waals surface area contributed by atoms with Gasteiger partial charge in [0.15, 0.2) is 6.17 Å². The average molecular weight is 216 g/mol. The molecule has 2 N–H and O–H groups in total. The van der Waals surface area contributed by atoms with Crippen LogP contribution in [-0.4, -0.2) is 4.98 Å². The van der Waals surface area contributed by atoms with Gasteiger partial charge in [-0.25, -0.2) is 4.39 Å². The molecule has 0 amide bonds. The van der Waals surface area contributed by atoms with Crippen molar-refractivity contribution in [3.05, 3.63) is 66.0 Å². The number of benzene rings is 1. The number of hydrogen-bond acceptors (Lipinski definition) is 2. The molecule has 0 saturated heterocycles. The van der Waals surface area contributed by atoms with Crippen molar-refractivity contribution in [2.24, 2.45) is 5.73 Å². The largest absolute Gasteiger partial charge is 0.321 e. The van der Waals surface area contributed by atoms with E-state index in [9.17, 15) is 4.39 Å². The van der Waals surface area contributed by atoms with Gasteiger partial charge in [0.25, 0.3) is 0 Å². The first-order valence-corrected chi connectivity index (χ1v) is 5.14. The van der Waals surface area contributed by atoms with E-state index in [1.54, 1.807) is 24.4 Å². The number of pyridine rings is 1. The van der Waals surface area contributed by atoms with Crippen LogP contribution in [0, 0.1) is 0 Å². The van der Waals surface area contributed by atoms with Crippen LogP contribution in [-0.2, 0) is 0 Å². The third kappa shape index (κ3) is 2.25. The molecule has 0 spiro atoms. The second-order valence-electron chi connectivity index (χ2n) is 3.59. The zero-order valence-corrected chi connectivity index (χ0v) is 8.75. The molecule has 2 rings (SSSR count). The molecule has 2 atom stereocenters. The highest BCUT2D eigenvalue weighted by molar-refractivity contribution is 5.22. The second kappa shape index (κ2) is 4.86. The fourth-order valence-electron chi connectivity index (χ4n) is 1.57. The highest BCUT2D eigenvalue weighted by atomic mass is 19.1. The third-order valence-electron chi connectivity index (χ3n) is 2.47. The minimum atomic E-state index is -1.27. The van der Waals surface area contributed by atoms with Crippen molar-refractivity contribution in [2.75, 3.05) is 0 Å². The summed E-state index contributed by atoms with van der Waals surface area (Å²) in [6.45, 7) is 0. The quantitative estimate of drug-likeness (QED) is 0.856. The Labute approximate surface area is 93.9 Å². The smallest absolute Gasteiger partial charge is 0.161 e. The molecule has 2 aromatic rings. The summed E-state index contributed by atoms with van der Waals surface area (Å²) in [5, 5.41) is 0. The van der Waals surface area contributed by atoms with E-state index in [1.165, 1.54) is 0 Å². The number of hydrogen-bond donors (Lipinski definition) is 1. The van der Waals surface area contributed by atoms with Gasteiger partial charge in [0.2, 0.25) is 0 Å². The molecule has 1 aromatic heterocycles. The van der Waals surface area contributed by atoms with Crippen LogP contribution in [0.1, 0.15) is 23.5 Å². The van der Waals surface area contributed by atoms with E-state index in [-0.39, 0.29) is 0 Å². The van der Waals surface area contributed by atoms with Gasteiger partial charge >= 0.3 is 0 Å². The SMILES string of the molecule is NC(c1ccccc1)C(F)c1ccccn1. The molecule has 82 valence electrons. The summed E-state index contributed by atoms with van der Waals surface area (Å²) < 4.78 is 14.0. The van der Waals surface area contributed by atoms with Crippen molar-refractivity contribution in [2.45, 2.75) is 12.2 Å². The second-order valence-corrected chi connectivity index (χ2v) is 3.59. The minimum Gasteiger partial charge on any atom is -0.321 e. The van der Waals surface area contributed by atoms with Gasteiger partial charge in [-0.15, -0.1) is 0 Å². The van der Waals surface area contributed by atoms with Crippen molar-refractivity contribution >= 4 is 0 Å². The molecule has 2 unspecified atom stereocenters. The van der Waals surface area contributed by atoms with Crippen molar-refractivity contribution in [1.29, 1.82) is 0 Å². The van der Waals surface area contributed by atoms with Gasteiger partial charge in [-0.3, -0.25) is 4.98 Å². The average Bonchev–Trinajstić information content (AvgIpc) is 2.39. The maximum atomic E-state index is 14.0. The molecule has 0 bridgehead atoms. The van der Waals surface area contributed by atoms with Gasteiger partial charge < -0.3 is 5.73 Å². The fraction of sp³-hybridized carbons (Fsp3) is 0.154. The molecule has 16 heavy (non-hydrogen) atoms. The Bertz CT molecular complexity index is 387. The van der Waals surface area contributed by atoms with Crippen LogP contribution in [0.25, 0.3) is 0 Å². The van der Waals surface area contributed by atoms with Crippen molar-refractivity contribution in [3.8, 4) is 0 Å². The first-order chi connectivity index (χ1) is 7.79. The van der Waals surface area contributed by atoms with E-state index in [1.807, 2.05) is 30.3 Å². The minimum absolute atomic E-state index is 0.374. The van der Waals surface area contributed by atoms with E-state index < -0.39 is 12.2 Å². The lowest BCUT2D eigenvalue weighted by atomic mass is 10.0. The van der Waals surface area contributed by atoms with Crippen LogP contribution in [0.2, 0.25) is 0 Å². The Morgan fingerprint density at radius 2 is 1.69 bits per heavy atom. The van der Waals surface area contributed by atoms with Crippen LogP contribution in [0.3, 0.4) is 0 Å². The van der Waals surface area contributed by atoms with Gasteiger partial charge in [-0.05, 0) is 17.7 Å². The molecule has 0 fully saturated rings. The lowest BCUT2D eigenvalue weighted by Gasteiger charge is -2.16. The summed E-state index contributed by atoms with van der Waals surface area (Å²) in [5.41, 5.74) is 7.01. The molecular weight excluding hydrogens is 203 g/mol. The normalized spacial score (nSPS) is 14.4. The van der Waals surface area contributed by atoms with Gasteiger partial charge in [-0.2, -0.15) is 0 Å². The molecule has 0 aliphatic heterocycles. The predicted molar refractivity (Wildman–Crippen MR) is 61.5 cm³/mol. The topological polar surface area (TPSA) is 38.9 Å². The van der Waals surface area contributed by atoms with Gasteiger partial charge in [0.1, 0.15) is 0 Å². The standard InChI is InChI=1S/C13H13FN2/c14-12(11-8-4-5-9-16-11)13(15)10-6-2-1-3-7-10/h1-9,12-13H,15H2. The van der Waals surface area contributed by atoms with Crippen LogP contribution in [0.15, 0.2) is 54.7 Å². The summed E-state index contributed by atoms with van der Waals surface area (Å²) in [5.74, 6) is 0. The number of halogens is 1. The highest BCUT2D eigenvalue weighted by Gasteiger charge is 2.21. The lowest BCUT2D eigenvalue weighted by Crippen LogP contribution is -2.17. The molecule has 0 aliphatic carbocycles. The molecule has 0 radical (unpaired) electrons. The van der Waals surface area contributed by atoms with Crippen LogP contribution >= 0.6 is 0 Å². The van der Waals surface area contributed by atoms with E-state index in [4.69, 9.17) is 5.73 Å². The molecular formula is C13H13FN2. The van der Waals surface area contributed by atoms with E-state index in [0.29, 0.717) is 5.69 Å². The number of alkyl halides is 1. The first-order valence-electron chi connectivity index (χ1n) is 5.14. The monoisotopic (exact) mass is 216 g/mol. The number of rotatable bonds is 3. The number of nitrogens with zero attached hydrogens (tertiary/aromatic N) is 1. The maximum absolute atomic E-state index is 14.0. The fourth-order valence-corrected chi connectivity index (χ4v) is 1.57. The Morgan fingerprint density at radius 3 is 2.31 bits per heavy atom.